The van der Waals surface area contributed by atoms with Gasteiger partial charge in [-0.2, -0.15) is 5.10 Å². The van der Waals surface area contributed by atoms with Crippen LogP contribution < -0.4 is 21.4 Å². The fourth-order valence-corrected chi connectivity index (χ4v) is 2.21. The Hall–Kier alpha value is -3.36. The topological polar surface area (TPSA) is 126 Å². The molecule has 1 aromatic carbocycles. The monoisotopic (exact) mass is 360 g/mol. The fraction of sp³-hybridized carbons (Fsp3) is 0.294. The molecule has 1 amide bonds. The number of carbonyl (C=O) groups is 1. The SMILES string of the molecule is CCCCC(=O)N/N=C\c1c(O)n(-c2cccc(OC)c2)c(=O)[nH]c1=O. The van der Waals surface area contributed by atoms with Crippen LogP contribution in [0.4, 0.5) is 0 Å². The number of unbranched alkanes of at least 4 members (excludes halogenated alkanes) is 1. The number of nitrogens with one attached hydrogen (secondary N) is 2. The molecule has 0 spiro atoms. The van der Waals surface area contributed by atoms with Gasteiger partial charge < -0.3 is 9.84 Å². The molecule has 9 nitrogen and oxygen atoms in total. The van der Waals surface area contributed by atoms with Crippen molar-refractivity contribution in [1.29, 1.82) is 0 Å². The second-order valence-corrected chi connectivity index (χ2v) is 5.43. The van der Waals surface area contributed by atoms with Crippen LogP contribution in [-0.4, -0.2) is 33.9 Å². The third kappa shape index (κ3) is 4.38. The maximum absolute atomic E-state index is 12.1. The summed E-state index contributed by atoms with van der Waals surface area (Å²) >= 11 is 0. The predicted molar refractivity (Wildman–Crippen MR) is 96.1 cm³/mol. The third-order valence-corrected chi connectivity index (χ3v) is 3.57. The first-order valence-electron chi connectivity index (χ1n) is 8.02. The summed E-state index contributed by atoms with van der Waals surface area (Å²) in [5, 5.41) is 14.0. The molecular weight excluding hydrogens is 340 g/mol. The molecule has 1 aromatic heterocycles. The number of hydrogen-bond acceptors (Lipinski definition) is 6. The Morgan fingerprint density at radius 1 is 1.42 bits per heavy atom. The molecule has 2 rings (SSSR count). The highest BCUT2D eigenvalue weighted by Gasteiger charge is 2.14. The van der Waals surface area contributed by atoms with Crippen LogP contribution in [0, 0.1) is 0 Å². The van der Waals surface area contributed by atoms with Gasteiger partial charge in [-0.3, -0.25) is 14.6 Å². The average molecular weight is 360 g/mol. The summed E-state index contributed by atoms with van der Waals surface area (Å²) in [4.78, 5) is 37.7. The van der Waals surface area contributed by atoms with Crippen molar-refractivity contribution in [1.82, 2.24) is 15.0 Å². The van der Waals surface area contributed by atoms with Gasteiger partial charge in [-0.1, -0.05) is 19.4 Å². The number of hydrogen-bond donors (Lipinski definition) is 3. The number of aromatic amines is 1. The summed E-state index contributed by atoms with van der Waals surface area (Å²) in [6, 6.07) is 6.39. The molecule has 0 fully saturated rings. The first-order valence-corrected chi connectivity index (χ1v) is 8.02. The lowest BCUT2D eigenvalue weighted by Crippen LogP contribution is -2.31. The smallest absolute Gasteiger partial charge is 0.335 e. The summed E-state index contributed by atoms with van der Waals surface area (Å²) in [7, 11) is 1.47. The van der Waals surface area contributed by atoms with Gasteiger partial charge in [-0.15, -0.1) is 0 Å². The van der Waals surface area contributed by atoms with E-state index in [-0.39, 0.29) is 11.5 Å². The van der Waals surface area contributed by atoms with Crippen molar-refractivity contribution in [2.24, 2.45) is 5.10 Å². The highest BCUT2D eigenvalue weighted by atomic mass is 16.5. The van der Waals surface area contributed by atoms with Gasteiger partial charge in [0.2, 0.25) is 11.8 Å². The van der Waals surface area contributed by atoms with Crippen LogP contribution in [0.1, 0.15) is 31.7 Å². The largest absolute Gasteiger partial charge is 0.497 e. The van der Waals surface area contributed by atoms with Crippen molar-refractivity contribution < 1.29 is 14.6 Å². The van der Waals surface area contributed by atoms with Crippen LogP contribution in [0.5, 0.6) is 11.6 Å². The van der Waals surface area contributed by atoms with Gasteiger partial charge in [0.1, 0.15) is 11.3 Å². The number of benzene rings is 1. The van der Waals surface area contributed by atoms with Crippen LogP contribution in [-0.2, 0) is 4.79 Å². The Labute approximate surface area is 149 Å². The van der Waals surface area contributed by atoms with Crippen LogP contribution in [0.3, 0.4) is 0 Å². The molecule has 0 aliphatic carbocycles. The predicted octanol–water partition coefficient (Wildman–Crippen LogP) is 0.880. The Balaban J connectivity index is 2.38. The van der Waals surface area contributed by atoms with E-state index in [4.69, 9.17) is 4.74 Å². The number of nitrogens with zero attached hydrogens (tertiary/aromatic N) is 2. The molecule has 0 bridgehead atoms. The Bertz CT molecular complexity index is 929. The summed E-state index contributed by atoms with van der Waals surface area (Å²) in [6.45, 7) is 1.95. The highest BCUT2D eigenvalue weighted by Crippen LogP contribution is 2.19. The number of H-pyrrole nitrogens is 1. The Kier molecular flexibility index (Phi) is 6.31. The maximum atomic E-state index is 12.1. The number of ether oxygens (including phenoxy) is 1. The first-order chi connectivity index (χ1) is 12.5. The molecule has 0 unspecified atom stereocenters. The van der Waals surface area contributed by atoms with Gasteiger partial charge in [0.15, 0.2) is 0 Å². The fourth-order valence-electron chi connectivity index (χ4n) is 2.21. The van der Waals surface area contributed by atoms with Crippen molar-refractivity contribution in [3.8, 4) is 17.3 Å². The van der Waals surface area contributed by atoms with Crippen LogP contribution >= 0.6 is 0 Å². The summed E-state index contributed by atoms with van der Waals surface area (Å²) < 4.78 is 6.00. The van der Waals surface area contributed by atoms with Crippen molar-refractivity contribution in [3.63, 3.8) is 0 Å². The molecule has 138 valence electrons. The zero-order valence-electron chi connectivity index (χ0n) is 14.5. The summed E-state index contributed by atoms with van der Waals surface area (Å²) in [5.41, 5.74) is 0.671. The quantitative estimate of drug-likeness (QED) is 0.499. The molecule has 0 atom stereocenters. The van der Waals surface area contributed by atoms with E-state index < -0.39 is 17.1 Å². The van der Waals surface area contributed by atoms with E-state index in [1.807, 2.05) is 6.92 Å². The van der Waals surface area contributed by atoms with E-state index in [0.29, 0.717) is 24.3 Å². The standard InChI is InChI=1S/C17H20N4O5/c1-3-4-8-14(22)20-18-10-13-15(23)19-17(25)21(16(13)24)11-6-5-7-12(9-11)26-2/h5-7,9-10,24H,3-4,8H2,1-2H3,(H,20,22)(H,19,23,25)/b18-10-. The van der Waals surface area contributed by atoms with Gasteiger partial charge in [-0.05, 0) is 18.6 Å². The van der Waals surface area contributed by atoms with Gasteiger partial charge in [-0.25, -0.2) is 14.8 Å². The molecular formula is C17H20N4O5. The first kappa shape index (κ1) is 19.0. The third-order valence-electron chi connectivity index (χ3n) is 3.57. The molecule has 3 N–H and O–H groups in total. The van der Waals surface area contributed by atoms with E-state index in [0.717, 1.165) is 17.2 Å². The molecule has 0 saturated carbocycles. The second-order valence-electron chi connectivity index (χ2n) is 5.43. The number of aromatic nitrogens is 2. The molecule has 1 heterocycles. The average Bonchev–Trinajstić information content (AvgIpc) is 2.62. The van der Waals surface area contributed by atoms with Crippen molar-refractivity contribution in [3.05, 3.63) is 50.7 Å². The van der Waals surface area contributed by atoms with Crippen LogP contribution in [0.2, 0.25) is 0 Å². The van der Waals surface area contributed by atoms with Crippen molar-refractivity contribution in [2.45, 2.75) is 26.2 Å². The van der Waals surface area contributed by atoms with Crippen molar-refractivity contribution >= 4 is 12.1 Å². The molecule has 0 saturated heterocycles. The molecule has 26 heavy (non-hydrogen) atoms. The normalized spacial score (nSPS) is 10.8. The maximum Gasteiger partial charge on any atom is 0.335 e. The van der Waals surface area contributed by atoms with Gasteiger partial charge in [0, 0.05) is 12.5 Å². The van der Waals surface area contributed by atoms with E-state index in [1.54, 1.807) is 18.2 Å². The van der Waals surface area contributed by atoms with E-state index >= 15 is 0 Å². The number of rotatable bonds is 7. The number of amides is 1. The van der Waals surface area contributed by atoms with Gasteiger partial charge in [0.05, 0.1) is 19.0 Å². The lowest BCUT2D eigenvalue weighted by atomic mass is 10.2. The zero-order chi connectivity index (χ0) is 19.1. The molecule has 2 aromatic rings. The van der Waals surface area contributed by atoms with Crippen molar-refractivity contribution in [2.75, 3.05) is 7.11 Å². The second kappa shape index (κ2) is 8.65. The summed E-state index contributed by atoms with van der Waals surface area (Å²) in [6.07, 6.45) is 2.88. The summed E-state index contributed by atoms with van der Waals surface area (Å²) in [5.74, 6) is -0.433. The number of methoxy groups -OCH3 is 1. The number of aromatic hydroxyl groups is 1. The minimum absolute atomic E-state index is 0.261. The zero-order valence-corrected chi connectivity index (χ0v) is 14.5. The molecule has 0 radical (unpaired) electrons. The molecule has 0 aliphatic heterocycles. The Morgan fingerprint density at radius 3 is 2.88 bits per heavy atom. The lowest BCUT2D eigenvalue weighted by Gasteiger charge is -2.10. The molecule has 9 heteroatoms. The van der Waals surface area contributed by atoms with E-state index in [9.17, 15) is 19.5 Å². The van der Waals surface area contributed by atoms with E-state index in [2.05, 4.69) is 15.5 Å². The molecule has 0 aliphatic rings. The van der Waals surface area contributed by atoms with E-state index in [1.165, 1.54) is 13.2 Å². The number of carbonyl (C=O) groups excluding carboxylic acids is 1. The van der Waals surface area contributed by atoms with Gasteiger partial charge in [0.25, 0.3) is 5.56 Å². The highest BCUT2D eigenvalue weighted by molar-refractivity contribution is 5.84. The lowest BCUT2D eigenvalue weighted by molar-refractivity contribution is -0.121. The van der Waals surface area contributed by atoms with Crippen LogP contribution in [0.15, 0.2) is 39.0 Å². The van der Waals surface area contributed by atoms with Crippen LogP contribution in [0.25, 0.3) is 5.69 Å². The minimum Gasteiger partial charge on any atom is -0.497 e. The number of hydrazone groups is 1. The minimum atomic E-state index is -0.821. The van der Waals surface area contributed by atoms with Gasteiger partial charge >= 0.3 is 5.69 Å². The Morgan fingerprint density at radius 2 is 2.19 bits per heavy atom.